The summed E-state index contributed by atoms with van der Waals surface area (Å²) in [5.41, 5.74) is 1.14. The Bertz CT molecular complexity index is 674. The number of rotatable bonds is 8. The molecule has 0 unspecified atom stereocenters. The van der Waals surface area contributed by atoms with Crippen LogP contribution in [0.5, 0.6) is 0 Å². The zero-order chi connectivity index (χ0) is 21.0. The molecule has 28 heavy (non-hydrogen) atoms. The molecule has 5 heteroatoms. The second-order valence-corrected chi connectivity index (χ2v) is 14.1. The Labute approximate surface area is 171 Å². The lowest BCUT2D eigenvalue weighted by molar-refractivity contribution is -0.148. The lowest BCUT2D eigenvalue weighted by Crippen LogP contribution is -2.40. The molecule has 2 rings (SSSR count). The Hall–Kier alpha value is -1.40. The van der Waals surface area contributed by atoms with E-state index in [0.717, 1.165) is 5.56 Å². The van der Waals surface area contributed by atoms with Crippen LogP contribution in [0.2, 0.25) is 18.1 Å². The van der Waals surface area contributed by atoms with Crippen LogP contribution in [-0.2, 0) is 25.2 Å². The topological polar surface area (TPSA) is 36.9 Å². The van der Waals surface area contributed by atoms with Crippen LogP contribution in [0.25, 0.3) is 0 Å². The molecular weight excluding hydrogens is 368 g/mol. The van der Waals surface area contributed by atoms with Crippen molar-refractivity contribution in [3.63, 3.8) is 0 Å². The standard InChI is InChI=1S/C23H36O4Si/c1-18(27-28(7,8)22(2,3)4)14-15-20-21(26-23(5,6)25-20)17-24-16-19-12-10-9-11-13-19/h9-15,20-21H,1,16-17H2,2-8H3/b15-14+/t20-,21-/m0/s1. The number of allylic oxidation sites excluding steroid dienone is 1. The minimum Gasteiger partial charge on any atom is -0.544 e. The summed E-state index contributed by atoms with van der Waals surface area (Å²) in [5.74, 6) is 0.0288. The first kappa shape index (κ1) is 22.9. The molecule has 1 fully saturated rings. The fourth-order valence-electron chi connectivity index (χ4n) is 2.74. The van der Waals surface area contributed by atoms with Crippen LogP contribution in [0.1, 0.15) is 40.2 Å². The molecule has 1 aliphatic heterocycles. The van der Waals surface area contributed by atoms with E-state index in [1.165, 1.54) is 0 Å². The molecule has 0 saturated carbocycles. The summed E-state index contributed by atoms with van der Waals surface area (Å²) in [6, 6.07) is 10.1. The third-order valence-electron chi connectivity index (χ3n) is 5.28. The molecule has 156 valence electrons. The van der Waals surface area contributed by atoms with E-state index in [-0.39, 0.29) is 17.2 Å². The molecule has 4 nitrogen and oxygen atoms in total. The minimum atomic E-state index is -1.90. The van der Waals surface area contributed by atoms with Crippen molar-refractivity contribution in [3.05, 3.63) is 60.4 Å². The van der Waals surface area contributed by atoms with Gasteiger partial charge in [0.15, 0.2) is 5.79 Å². The third kappa shape index (κ3) is 6.59. The Morgan fingerprint density at radius 1 is 1.18 bits per heavy atom. The van der Waals surface area contributed by atoms with E-state index in [9.17, 15) is 0 Å². The van der Waals surface area contributed by atoms with Crippen molar-refractivity contribution >= 4 is 8.32 Å². The highest BCUT2D eigenvalue weighted by Crippen LogP contribution is 2.38. The molecule has 1 saturated heterocycles. The van der Waals surface area contributed by atoms with E-state index in [1.54, 1.807) is 0 Å². The molecule has 2 atom stereocenters. The van der Waals surface area contributed by atoms with Gasteiger partial charge in [-0.15, -0.1) is 0 Å². The smallest absolute Gasteiger partial charge is 0.250 e. The SMILES string of the molecule is C=C(/C=C/[C@@H]1OC(C)(C)O[C@H]1COCc1ccccc1)O[Si](C)(C)C(C)(C)C. The number of benzene rings is 1. The van der Waals surface area contributed by atoms with Gasteiger partial charge in [0.2, 0.25) is 8.32 Å². The van der Waals surface area contributed by atoms with Crippen LogP contribution in [0, 0.1) is 0 Å². The van der Waals surface area contributed by atoms with Gasteiger partial charge in [-0.2, -0.15) is 0 Å². The van der Waals surface area contributed by atoms with E-state index in [4.69, 9.17) is 18.6 Å². The lowest BCUT2D eigenvalue weighted by atomic mass is 10.2. The van der Waals surface area contributed by atoms with Crippen molar-refractivity contribution in [3.8, 4) is 0 Å². The molecular formula is C23H36O4Si. The van der Waals surface area contributed by atoms with E-state index >= 15 is 0 Å². The Balaban J connectivity index is 1.93. The monoisotopic (exact) mass is 404 g/mol. The molecule has 0 aromatic heterocycles. The van der Waals surface area contributed by atoms with Crippen LogP contribution in [0.15, 0.2) is 54.8 Å². The average Bonchev–Trinajstić information content (AvgIpc) is 2.86. The van der Waals surface area contributed by atoms with Crippen molar-refractivity contribution in [2.45, 2.75) is 77.4 Å². The van der Waals surface area contributed by atoms with Gasteiger partial charge in [-0.25, -0.2) is 0 Å². The maximum absolute atomic E-state index is 6.22. The van der Waals surface area contributed by atoms with Gasteiger partial charge in [0.1, 0.15) is 12.2 Å². The van der Waals surface area contributed by atoms with Crippen LogP contribution >= 0.6 is 0 Å². The Kier molecular flexibility index (Phi) is 7.31. The molecule has 0 radical (unpaired) electrons. The van der Waals surface area contributed by atoms with Crippen LogP contribution in [0.3, 0.4) is 0 Å². The van der Waals surface area contributed by atoms with Gasteiger partial charge in [-0.1, -0.05) is 57.7 Å². The van der Waals surface area contributed by atoms with Crippen LogP contribution in [0.4, 0.5) is 0 Å². The van der Waals surface area contributed by atoms with E-state index in [2.05, 4.69) is 52.6 Å². The molecule has 0 aliphatic carbocycles. The van der Waals surface area contributed by atoms with E-state index < -0.39 is 14.1 Å². The molecule has 1 aliphatic rings. The molecule has 0 spiro atoms. The first-order valence-electron chi connectivity index (χ1n) is 9.93. The zero-order valence-corrected chi connectivity index (χ0v) is 19.5. The highest BCUT2D eigenvalue weighted by Gasteiger charge is 2.41. The quantitative estimate of drug-likeness (QED) is 0.311. The second kappa shape index (κ2) is 8.95. The predicted octanol–water partition coefficient (Wildman–Crippen LogP) is 5.82. The summed E-state index contributed by atoms with van der Waals surface area (Å²) in [6.07, 6.45) is 3.50. The van der Waals surface area contributed by atoms with Crippen LogP contribution < -0.4 is 0 Å². The van der Waals surface area contributed by atoms with E-state index in [1.807, 2.05) is 44.2 Å². The fraction of sp³-hybridized carbons (Fsp3) is 0.565. The average molecular weight is 405 g/mol. The Morgan fingerprint density at radius 2 is 1.82 bits per heavy atom. The summed E-state index contributed by atoms with van der Waals surface area (Å²) in [7, 11) is -1.90. The highest BCUT2D eigenvalue weighted by atomic mass is 28.4. The molecule has 1 aromatic rings. The van der Waals surface area contributed by atoms with Crippen molar-refractivity contribution in [1.82, 2.24) is 0 Å². The molecule has 1 aromatic carbocycles. The number of ether oxygens (including phenoxy) is 3. The van der Waals surface area contributed by atoms with Crippen molar-refractivity contribution in [1.29, 1.82) is 0 Å². The summed E-state index contributed by atoms with van der Waals surface area (Å²) < 4.78 is 24.2. The summed E-state index contributed by atoms with van der Waals surface area (Å²) in [6.45, 7) is 20.0. The van der Waals surface area contributed by atoms with Crippen molar-refractivity contribution < 1.29 is 18.6 Å². The van der Waals surface area contributed by atoms with Gasteiger partial charge in [0, 0.05) is 0 Å². The van der Waals surface area contributed by atoms with Gasteiger partial charge in [0.05, 0.1) is 19.0 Å². The number of hydrogen-bond acceptors (Lipinski definition) is 4. The Morgan fingerprint density at radius 3 is 2.43 bits per heavy atom. The largest absolute Gasteiger partial charge is 0.544 e. The summed E-state index contributed by atoms with van der Waals surface area (Å²) in [4.78, 5) is 0. The maximum atomic E-state index is 6.22. The molecule has 0 bridgehead atoms. The minimum absolute atomic E-state index is 0.132. The molecule has 0 N–H and O–H groups in total. The van der Waals surface area contributed by atoms with Gasteiger partial charge < -0.3 is 18.6 Å². The normalized spacial score (nSPS) is 22.5. The first-order valence-corrected chi connectivity index (χ1v) is 12.8. The van der Waals surface area contributed by atoms with Gasteiger partial charge >= 0.3 is 0 Å². The summed E-state index contributed by atoms with van der Waals surface area (Å²) >= 11 is 0. The molecule has 0 amide bonds. The predicted molar refractivity (Wildman–Crippen MR) is 116 cm³/mol. The van der Waals surface area contributed by atoms with Crippen molar-refractivity contribution in [2.75, 3.05) is 6.61 Å². The number of hydrogen-bond donors (Lipinski definition) is 0. The first-order chi connectivity index (χ1) is 12.9. The van der Waals surface area contributed by atoms with Gasteiger partial charge in [-0.3, -0.25) is 0 Å². The van der Waals surface area contributed by atoms with E-state index in [0.29, 0.717) is 19.0 Å². The van der Waals surface area contributed by atoms with Gasteiger partial charge in [-0.05, 0) is 49.7 Å². The zero-order valence-electron chi connectivity index (χ0n) is 18.5. The summed E-state index contributed by atoms with van der Waals surface area (Å²) in [5, 5.41) is 0.132. The third-order valence-corrected chi connectivity index (χ3v) is 9.66. The van der Waals surface area contributed by atoms with Crippen molar-refractivity contribution in [2.24, 2.45) is 0 Å². The van der Waals surface area contributed by atoms with Crippen LogP contribution in [-0.4, -0.2) is 32.9 Å². The lowest BCUT2D eigenvalue weighted by Gasteiger charge is -2.36. The highest BCUT2D eigenvalue weighted by molar-refractivity contribution is 6.74. The second-order valence-electron chi connectivity index (χ2n) is 9.33. The fourth-order valence-corrected chi connectivity index (χ4v) is 3.77. The van der Waals surface area contributed by atoms with Gasteiger partial charge in [0.25, 0.3) is 0 Å². The maximum Gasteiger partial charge on any atom is 0.250 e. The molecule has 1 heterocycles.